The first kappa shape index (κ1) is 23.2. The highest BCUT2D eigenvalue weighted by molar-refractivity contribution is 5.87. The predicted octanol–water partition coefficient (Wildman–Crippen LogP) is 0.505. The van der Waals surface area contributed by atoms with Crippen LogP contribution in [0.5, 0.6) is 0 Å². The first-order chi connectivity index (χ1) is 17.0. The molecule has 5 N–H and O–H groups in total. The molecular weight excluding hydrogens is 456 g/mol. The van der Waals surface area contributed by atoms with Crippen LogP contribution in [0.15, 0.2) is 43.0 Å². The number of hydrogen-bond donors (Lipinski definition) is 5. The molecule has 12 heteroatoms. The molecule has 3 aromatic heterocycles. The minimum Gasteiger partial charge on any atom is -0.464 e. The molecule has 5 atom stereocenters. The van der Waals surface area contributed by atoms with Gasteiger partial charge >= 0.3 is 5.97 Å². The molecule has 0 spiro atoms. The SMILES string of the molecule is CCOC(=O)[C@H](Cc1cc2ccccc2[nH]1)Nc1ncnc2c1ncn2[C@@H]1O[C@H](CO)C(O)C1O. The number of aliphatic hydroxyl groups excluding tert-OH is 3. The summed E-state index contributed by atoms with van der Waals surface area (Å²) in [7, 11) is 0. The van der Waals surface area contributed by atoms with Crippen LogP contribution >= 0.6 is 0 Å². The first-order valence-electron chi connectivity index (χ1n) is 11.3. The fourth-order valence-electron chi connectivity index (χ4n) is 4.32. The lowest BCUT2D eigenvalue weighted by atomic mass is 10.1. The van der Waals surface area contributed by atoms with Crippen LogP contribution in [0.1, 0.15) is 18.8 Å². The summed E-state index contributed by atoms with van der Waals surface area (Å²) in [4.78, 5) is 29.0. The summed E-state index contributed by atoms with van der Waals surface area (Å²) in [6.07, 6.45) is -1.46. The number of carbonyl (C=O) groups excluding carboxylic acids is 1. The van der Waals surface area contributed by atoms with E-state index in [2.05, 4.69) is 25.3 Å². The number of H-pyrrole nitrogens is 1. The van der Waals surface area contributed by atoms with Crippen molar-refractivity contribution in [1.29, 1.82) is 0 Å². The lowest BCUT2D eigenvalue weighted by Crippen LogP contribution is -2.34. The topological polar surface area (TPSA) is 168 Å². The Kier molecular flexibility index (Phi) is 6.34. The Balaban J connectivity index is 1.44. The van der Waals surface area contributed by atoms with Gasteiger partial charge in [0.2, 0.25) is 0 Å². The van der Waals surface area contributed by atoms with Crippen molar-refractivity contribution in [2.45, 2.75) is 43.9 Å². The smallest absolute Gasteiger partial charge is 0.328 e. The Morgan fingerprint density at radius 2 is 2.09 bits per heavy atom. The number of anilines is 1. The number of ether oxygens (including phenoxy) is 2. The van der Waals surface area contributed by atoms with Gasteiger partial charge in [-0.3, -0.25) is 4.57 Å². The highest BCUT2D eigenvalue weighted by atomic mass is 16.6. The molecule has 12 nitrogen and oxygen atoms in total. The Hall–Kier alpha value is -3.58. The fraction of sp³-hybridized carbons (Fsp3) is 0.391. The average molecular weight is 482 g/mol. The van der Waals surface area contributed by atoms with Crippen LogP contribution in [0.2, 0.25) is 0 Å². The second kappa shape index (κ2) is 9.58. The van der Waals surface area contributed by atoms with Crippen molar-refractivity contribution in [3.63, 3.8) is 0 Å². The Morgan fingerprint density at radius 1 is 1.26 bits per heavy atom. The number of para-hydroxylation sites is 1. The number of imidazole rings is 1. The summed E-state index contributed by atoms with van der Waals surface area (Å²) in [5, 5.41) is 34.1. The van der Waals surface area contributed by atoms with Crippen molar-refractivity contribution in [2.24, 2.45) is 0 Å². The number of carbonyl (C=O) groups is 1. The van der Waals surface area contributed by atoms with Gasteiger partial charge in [-0.2, -0.15) is 0 Å². The third-order valence-corrected chi connectivity index (χ3v) is 6.04. The molecule has 0 aliphatic carbocycles. The summed E-state index contributed by atoms with van der Waals surface area (Å²) < 4.78 is 12.3. The maximum absolute atomic E-state index is 12.8. The quantitative estimate of drug-likeness (QED) is 0.223. The van der Waals surface area contributed by atoms with Gasteiger partial charge in [0.15, 0.2) is 23.2 Å². The number of benzene rings is 1. The molecule has 5 rings (SSSR count). The molecule has 1 saturated heterocycles. The highest BCUT2D eigenvalue weighted by Crippen LogP contribution is 2.32. The number of fused-ring (bicyclic) bond motifs is 2. The highest BCUT2D eigenvalue weighted by Gasteiger charge is 2.44. The molecule has 184 valence electrons. The zero-order valence-corrected chi connectivity index (χ0v) is 18.9. The minimum absolute atomic E-state index is 0.225. The van der Waals surface area contributed by atoms with Crippen LogP contribution in [0.25, 0.3) is 22.1 Å². The number of aromatic nitrogens is 5. The van der Waals surface area contributed by atoms with Crippen LogP contribution in [0.3, 0.4) is 0 Å². The monoisotopic (exact) mass is 482 g/mol. The molecule has 4 heterocycles. The number of esters is 1. The largest absolute Gasteiger partial charge is 0.464 e. The fourth-order valence-corrected chi connectivity index (χ4v) is 4.32. The summed E-state index contributed by atoms with van der Waals surface area (Å²) >= 11 is 0. The molecule has 0 radical (unpaired) electrons. The van der Waals surface area contributed by atoms with Crippen molar-refractivity contribution in [1.82, 2.24) is 24.5 Å². The summed E-state index contributed by atoms with van der Waals surface area (Å²) in [5.74, 6) is -0.143. The molecule has 0 amide bonds. The number of aromatic amines is 1. The summed E-state index contributed by atoms with van der Waals surface area (Å²) in [6.45, 7) is 1.52. The number of nitrogens with zero attached hydrogens (tertiary/aromatic N) is 4. The van der Waals surface area contributed by atoms with Crippen LogP contribution in [0, 0.1) is 0 Å². The van der Waals surface area contributed by atoms with Gasteiger partial charge < -0.3 is 35.1 Å². The molecular formula is C23H26N6O6. The molecule has 0 bridgehead atoms. The number of hydrogen-bond acceptors (Lipinski definition) is 10. The van der Waals surface area contributed by atoms with E-state index in [9.17, 15) is 20.1 Å². The zero-order valence-electron chi connectivity index (χ0n) is 18.9. The lowest BCUT2D eigenvalue weighted by molar-refractivity contribution is -0.144. The third kappa shape index (κ3) is 4.32. The minimum atomic E-state index is -1.29. The van der Waals surface area contributed by atoms with Crippen molar-refractivity contribution >= 4 is 33.9 Å². The van der Waals surface area contributed by atoms with Crippen molar-refractivity contribution in [2.75, 3.05) is 18.5 Å². The molecule has 1 aliphatic heterocycles. The Bertz CT molecular complexity index is 1310. The molecule has 2 unspecified atom stereocenters. The van der Waals surface area contributed by atoms with E-state index in [4.69, 9.17) is 9.47 Å². The maximum atomic E-state index is 12.8. The molecule has 35 heavy (non-hydrogen) atoms. The van der Waals surface area contributed by atoms with E-state index in [0.29, 0.717) is 23.4 Å². The maximum Gasteiger partial charge on any atom is 0.328 e. The van der Waals surface area contributed by atoms with E-state index in [1.165, 1.54) is 17.2 Å². The zero-order chi connectivity index (χ0) is 24.5. The van der Waals surface area contributed by atoms with Crippen LogP contribution in [-0.2, 0) is 20.7 Å². The van der Waals surface area contributed by atoms with Gasteiger partial charge in [-0.25, -0.2) is 19.7 Å². The number of rotatable bonds is 8. The average Bonchev–Trinajstić information content (AvgIpc) is 3.55. The molecule has 1 aromatic carbocycles. The van der Waals surface area contributed by atoms with E-state index in [1.54, 1.807) is 6.92 Å². The second-order valence-corrected chi connectivity index (χ2v) is 8.31. The lowest BCUT2D eigenvalue weighted by Gasteiger charge is -2.18. The van der Waals surface area contributed by atoms with Crippen molar-refractivity contribution < 1.29 is 29.6 Å². The van der Waals surface area contributed by atoms with E-state index in [0.717, 1.165) is 16.6 Å². The predicted molar refractivity (Wildman–Crippen MR) is 124 cm³/mol. The normalized spacial score (nSPS) is 23.1. The van der Waals surface area contributed by atoms with E-state index in [-0.39, 0.29) is 6.61 Å². The molecule has 4 aromatic rings. The van der Waals surface area contributed by atoms with Gasteiger partial charge in [0.05, 0.1) is 19.5 Å². The summed E-state index contributed by atoms with van der Waals surface area (Å²) in [6, 6.07) is 9.05. The molecule has 1 fully saturated rings. The van der Waals surface area contributed by atoms with E-state index in [1.807, 2.05) is 30.3 Å². The number of nitrogens with one attached hydrogen (secondary N) is 2. The second-order valence-electron chi connectivity index (χ2n) is 8.31. The van der Waals surface area contributed by atoms with Gasteiger partial charge in [-0.15, -0.1) is 0 Å². The van der Waals surface area contributed by atoms with Crippen molar-refractivity contribution in [3.05, 3.63) is 48.7 Å². The van der Waals surface area contributed by atoms with Gasteiger partial charge in [0.25, 0.3) is 0 Å². The standard InChI is InChI=1S/C23H26N6O6/c1-2-34-23(33)15(8-13-7-12-5-3-4-6-14(12)27-13)28-20-17-21(25-10-24-20)29(11-26-17)22-19(32)18(31)16(9-30)35-22/h3-7,10-11,15-16,18-19,22,27,30-32H,2,8-9H2,1H3,(H,24,25,28)/t15-,16+,18?,19?,22+/m0/s1. The van der Waals surface area contributed by atoms with Crippen LogP contribution in [-0.4, -0.2) is 83.4 Å². The molecule has 0 saturated carbocycles. The van der Waals surface area contributed by atoms with E-state index >= 15 is 0 Å². The Morgan fingerprint density at radius 3 is 2.83 bits per heavy atom. The van der Waals surface area contributed by atoms with Gasteiger partial charge in [0.1, 0.15) is 30.7 Å². The van der Waals surface area contributed by atoms with Crippen LogP contribution < -0.4 is 5.32 Å². The number of aliphatic hydroxyl groups is 3. The van der Waals surface area contributed by atoms with Crippen molar-refractivity contribution in [3.8, 4) is 0 Å². The van der Waals surface area contributed by atoms with Gasteiger partial charge in [-0.1, -0.05) is 18.2 Å². The third-order valence-electron chi connectivity index (χ3n) is 6.04. The first-order valence-corrected chi connectivity index (χ1v) is 11.3. The Labute approximate surface area is 199 Å². The van der Waals surface area contributed by atoms with Gasteiger partial charge in [-0.05, 0) is 24.4 Å². The van der Waals surface area contributed by atoms with Crippen LogP contribution in [0.4, 0.5) is 5.82 Å². The molecule has 1 aliphatic rings. The van der Waals surface area contributed by atoms with E-state index < -0.39 is 43.2 Å². The summed E-state index contributed by atoms with van der Waals surface area (Å²) in [5.41, 5.74) is 2.48. The van der Waals surface area contributed by atoms with Gasteiger partial charge in [0, 0.05) is 17.6 Å².